The lowest BCUT2D eigenvalue weighted by molar-refractivity contribution is -0.157. The van der Waals surface area contributed by atoms with Crippen LogP contribution in [-0.2, 0) is 30.4 Å². The highest BCUT2D eigenvalue weighted by Gasteiger charge is 2.22. The molecule has 0 spiro atoms. The molecule has 0 aromatic heterocycles. The fourth-order valence-corrected chi connectivity index (χ4v) is 1.77. The number of nitrogens with zero attached hydrogens (tertiary/aromatic N) is 1. The fourth-order valence-electron chi connectivity index (χ4n) is 1.77. The standard InChI is InChI=1S/C17H24N2O6/c1-17(2,3)25-15(21)11-19(10-14(20)23-4)18-16(22)24-12-13-8-6-5-7-9-13/h5-9H,10-12H2,1-4H3,(H,18,22). The number of hydrogen-bond donors (Lipinski definition) is 1. The molecule has 0 aliphatic carbocycles. The van der Waals surface area contributed by atoms with Gasteiger partial charge in [0, 0.05) is 0 Å². The van der Waals surface area contributed by atoms with Crippen LogP contribution in [0.25, 0.3) is 0 Å². The second kappa shape index (κ2) is 9.63. The molecule has 0 saturated carbocycles. The van der Waals surface area contributed by atoms with Gasteiger partial charge in [0.2, 0.25) is 0 Å². The second-order valence-electron chi connectivity index (χ2n) is 6.19. The van der Waals surface area contributed by atoms with Crippen molar-refractivity contribution in [3.05, 3.63) is 35.9 Å². The van der Waals surface area contributed by atoms with Crippen LogP contribution in [0.1, 0.15) is 26.3 Å². The van der Waals surface area contributed by atoms with Gasteiger partial charge in [-0.2, -0.15) is 5.01 Å². The first-order valence-electron chi connectivity index (χ1n) is 7.70. The monoisotopic (exact) mass is 352 g/mol. The summed E-state index contributed by atoms with van der Waals surface area (Å²) < 4.78 is 14.8. The molecule has 0 aliphatic heterocycles. The number of ether oxygens (including phenoxy) is 3. The summed E-state index contributed by atoms with van der Waals surface area (Å²) in [6.07, 6.45) is -0.795. The summed E-state index contributed by atoms with van der Waals surface area (Å²) in [5, 5.41) is 1.08. The molecule has 1 rings (SSSR count). The van der Waals surface area contributed by atoms with Crippen molar-refractivity contribution in [2.45, 2.75) is 33.0 Å². The van der Waals surface area contributed by atoms with Crippen LogP contribution in [0.4, 0.5) is 4.79 Å². The smallest absolute Gasteiger partial charge is 0.422 e. The Labute approximate surface area is 147 Å². The molecule has 138 valence electrons. The summed E-state index contributed by atoms with van der Waals surface area (Å²) in [5.74, 6) is -1.22. The van der Waals surface area contributed by atoms with E-state index in [1.165, 1.54) is 7.11 Å². The van der Waals surface area contributed by atoms with Crippen LogP contribution in [0, 0.1) is 0 Å². The molecule has 1 aromatic rings. The molecule has 0 fully saturated rings. The number of benzene rings is 1. The SMILES string of the molecule is COC(=O)CN(CC(=O)OC(C)(C)C)NC(=O)OCc1ccccc1. The number of methoxy groups -OCH3 is 1. The van der Waals surface area contributed by atoms with Crippen LogP contribution in [-0.4, -0.2) is 48.8 Å². The number of carbonyl (C=O) groups excluding carboxylic acids is 3. The molecule has 0 atom stereocenters. The molecule has 0 radical (unpaired) electrons. The number of amides is 1. The van der Waals surface area contributed by atoms with Crippen LogP contribution in [0.3, 0.4) is 0 Å². The number of rotatable bonds is 7. The average molecular weight is 352 g/mol. The lowest BCUT2D eigenvalue weighted by Gasteiger charge is -2.24. The highest BCUT2D eigenvalue weighted by atomic mass is 16.6. The van der Waals surface area contributed by atoms with E-state index < -0.39 is 23.6 Å². The molecule has 1 N–H and O–H groups in total. The summed E-state index contributed by atoms with van der Waals surface area (Å²) in [6, 6.07) is 9.11. The zero-order valence-corrected chi connectivity index (χ0v) is 14.9. The summed E-state index contributed by atoms with van der Waals surface area (Å²) >= 11 is 0. The zero-order chi connectivity index (χ0) is 18.9. The molecular formula is C17H24N2O6. The van der Waals surface area contributed by atoms with Crippen molar-refractivity contribution < 1.29 is 28.6 Å². The molecule has 0 heterocycles. The third-order valence-electron chi connectivity index (χ3n) is 2.75. The summed E-state index contributed by atoms with van der Waals surface area (Å²) in [7, 11) is 1.21. The van der Waals surface area contributed by atoms with Crippen LogP contribution in [0.5, 0.6) is 0 Å². The molecule has 0 aliphatic rings. The van der Waals surface area contributed by atoms with E-state index in [4.69, 9.17) is 9.47 Å². The van der Waals surface area contributed by atoms with E-state index in [1.54, 1.807) is 32.9 Å². The van der Waals surface area contributed by atoms with E-state index in [-0.39, 0.29) is 19.7 Å². The van der Waals surface area contributed by atoms with Gasteiger partial charge in [-0.15, -0.1) is 0 Å². The van der Waals surface area contributed by atoms with Gasteiger partial charge in [-0.1, -0.05) is 30.3 Å². The summed E-state index contributed by atoms with van der Waals surface area (Å²) in [5.41, 5.74) is 2.47. The first kappa shape index (κ1) is 20.4. The van der Waals surface area contributed by atoms with Gasteiger partial charge in [-0.25, -0.2) is 4.79 Å². The molecule has 8 heteroatoms. The highest BCUT2D eigenvalue weighted by Crippen LogP contribution is 2.07. The Hall–Kier alpha value is -2.61. The zero-order valence-electron chi connectivity index (χ0n) is 14.9. The molecular weight excluding hydrogens is 328 g/mol. The Morgan fingerprint density at radius 2 is 1.64 bits per heavy atom. The number of hydrazine groups is 1. The molecule has 8 nitrogen and oxygen atoms in total. The van der Waals surface area contributed by atoms with Crippen molar-refractivity contribution in [3.8, 4) is 0 Å². The number of esters is 2. The van der Waals surface area contributed by atoms with Gasteiger partial charge in [-0.3, -0.25) is 15.0 Å². The topological polar surface area (TPSA) is 94.2 Å². The maximum Gasteiger partial charge on any atom is 0.422 e. The van der Waals surface area contributed by atoms with Crippen LogP contribution in [0.15, 0.2) is 30.3 Å². The van der Waals surface area contributed by atoms with Gasteiger partial charge in [0.15, 0.2) is 0 Å². The second-order valence-corrected chi connectivity index (χ2v) is 6.19. The van der Waals surface area contributed by atoms with Crippen molar-refractivity contribution in [2.24, 2.45) is 0 Å². The van der Waals surface area contributed by atoms with Crippen molar-refractivity contribution in [2.75, 3.05) is 20.2 Å². The molecule has 1 aromatic carbocycles. The minimum Gasteiger partial charge on any atom is -0.468 e. The first-order chi connectivity index (χ1) is 11.7. The lowest BCUT2D eigenvalue weighted by atomic mass is 10.2. The Kier molecular flexibility index (Phi) is 7.87. The Morgan fingerprint density at radius 3 is 2.20 bits per heavy atom. The van der Waals surface area contributed by atoms with Crippen LogP contribution < -0.4 is 5.43 Å². The predicted octanol–water partition coefficient (Wildman–Crippen LogP) is 1.64. The highest BCUT2D eigenvalue weighted by molar-refractivity contribution is 5.76. The van der Waals surface area contributed by atoms with E-state index >= 15 is 0 Å². The Morgan fingerprint density at radius 1 is 1.04 bits per heavy atom. The molecule has 1 amide bonds. The first-order valence-corrected chi connectivity index (χ1v) is 7.70. The largest absolute Gasteiger partial charge is 0.468 e. The minimum atomic E-state index is -0.795. The van der Waals surface area contributed by atoms with Gasteiger partial charge >= 0.3 is 18.0 Å². The van der Waals surface area contributed by atoms with Gasteiger partial charge in [0.25, 0.3) is 0 Å². The quantitative estimate of drug-likeness (QED) is 0.453. The van der Waals surface area contributed by atoms with E-state index in [0.717, 1.165) is 10.6 Å². The third kappa shape index (κ3) is 9.31. The maximum atomic E-state index is 11.9. The third-order valence-corrected chi connectivity index (χ3v) is 2.75. The van der Waals surface area contributed by atoms with E-state index in [9.17, 15) is 14.4 Å². The van der Waals surface area contributed by atoms with Crippen molar-refractivity contribution >= 4 is 18.0 Å². The van der Waals surface area contributed by atoms with Gasteiger partial charge in [0.1, 0.15) is 25.3 Å². The number of carbonyl (C=O) groups is 3. The van der Waals surface area contributed by atoms with E-state index in [2.05, 4.69) is 10.2 Å². The van der Waals surface area contributed by atoms with Gasteiger partial charge in [-0.05, 0) is 26.3 Å². The number of hydrogen-bond acceptors (Lipinski definition) is 7. The minimum absolute atomic E-state index is 0.0607. The Balaban J connectivity index is 2.58. The molecule has 0 unspecified atom stereocenters. The van der Waals surface area contributed by atoms with Crippen molar-refractivity contribution in [1.29, 1.82) is 0 Å². The summed E-state index contributed by atoms with van der Waals surface area (Å²) in [4.78, 5) is 35.2. The molecule has 0 saturated heterocycles. The fraction of sp³-hybridized carbons (Fsp3) is 0.471. The van der Waals surface area contributed by atoms with E-state index in [0.29, 0.717) is 0 Å². The van der Waals surface area contributed by atoms with Crippen molar-refractivity contribution in [3.63, 3.8) is 0 Å². The number of nitrogens with one attached hydrogen (secondary N) is 1. The molecule has 25 heavy (non-hydrogen) atoms. The average Bonchev–Trinajstić information content (AvgIpc) is 2.51. The van der Waals surface area contributed by atoms with E-state index in [1.807, 2.05) is 18.2 Å². The summed E-state index contributed by atoms with van der Waals surface area (Å²) in [6.45, 7) is 4.57. The predicted molar refractivity (Wildman–Crippen MR) is 89.2 cm³/mol. The Bertz CT molecular complexity index is 583. The lowest BCUT2D eigenvalue weighted by Crippen LogP contribution is -2.48. The normalized spacial score (nSPS) is 10.9. The van der Waals surface area contributed by atoms with Crippen LogP contribution in [0.2, 0.25) is 0 Å². The van der Waals surface area contributed by atoms with Crippen LogP contribution >= 0.6 is 0 Å². The van der Waals surface area contributed by atoms with Crippen molar-refractivity contribution in [1.82, 2.24) is 10.4 Å². The molecule has 0 bridgehead atoms. The maximum absolute atomic E-state index is 11.9. The van der Waals surface area contributed by atoms with Gasteiger partial charge in [0.05, 0.1) is 7.11 Å². The van der Waals surface area contributed by atoms with Gasteiger partial charge < -0.3 is 14.2 Å².